The molecule has 1 amide bonds. The van der Waals surface area contributed by atoms with Crippen LogP contribution in [0.4, 0.5) is 4.79 Å². The molecule has 2 N–H and O–H groups in total. The van der Waals surface area contributed by atoms with Crippen LogP contribution < -0.4 is 5.73 Å². The highest BCUT2D eigenvalue weighted by Crippen LogP contribution is 2.05. The molecule has 0 saturated heterocycles. The quantitative estimate of drug-likeness (QED) is 0.794. The third kappa shape index (κ3) is 21.1. The number of alkyl halides is 1. The van der Waals surface area contributed by atoms with Crippen molar-refractivity contribution in [1.29, 1.82) is 0 Å². The van der Waals surface area contributed by atoms with Crippen molar-refractivity contribution in [3.63, 3.8) is 0 Å². The van der Waals surface area contributed by atoms with E-state index >= 15 is 0 Å². The van der Waals surface area contributed by atoms with Crippen LogP contribution in [0, 0.1) is 5.92 Å². The molecule has 0 fully saturated rings. The van der Waals surface area contributed by atoms with Gasteiger partial charge in [-0.05, 0) is 33.1 Å². The first-order valence-electron chi connectivity index (χ1n) is 5.64. The number of Topliss-reactive ketones (excluding diaryl/α,β-unsaturated/α-hetero) is 1. The van der Waals surface area contributed by atoms with Crippen LogP contribution in [-0.2, 0) is 9.53 Å². The molecule has 0 aliphatic carbocycles. The summed E-state index contributed by atoms with van der Waals surface area (Å²) in [6.45, 7) is 9.48. The van der Waals surface area contributed by atoms with E-state index in [0.717, 1.165) is 6.42 Å². The van der Waals surface area contributed by atoms with E-state index in [9.17, 15) is 9.59 Å². The summed E-state index contributed by atoms with van der Waals surface area (Å²) < 4.78 is 4.58. The summed E-state index contributed by atoms with van der Waals surface area (Å²) in [6.07, 6.45) is 0.879. The van der Waals surface area contributed by atoms with Crippen molar-refractivity contribution in [2.24, 2.45) is 11.7 Å². The van der Waals surface area contributed by atoms with Crippen molar-refractivity contribution in [2.75, 3.05) is 5.88 Å². The van der Waals surface area contributed by atoms with E-state index in [1.807, 2.05) is 0 Å². The Morgan fingerprint density at radius 1 is 1.29 bits per heavy atom. The normalized spacial score (nSPS) is 10.5. The van der Waals surface area contributed by atoms with E-state index in [2.05, 4.69) is 18.6 Å². The van der Waals surface area contributed by atoms with Crippen LogP contribution in [0.15, 0.2) is 0 Å². The number of rotatable bonds is 4. The number of amides is 1. The molecule has 0 aliphatic heterocycles. The first-order valence-corrected chi connectivity index (χ1v) is 6.18. The van der Waals surface area contributed by atoms with Crippen molar-refractivity contribution < 1.29 is 14.3 Å². The molecule has 4 nitrogen and oxygen atoms in total. The summed E-state index contributed by atoms with van der Waals surface area (Å²) in [5.74, 6) is 0.940. The summed E-state index contributed by atoms with van der Waals surface area (Å²) in [5.41, 5.74) is 4.26. The highest BCUT2D eigenvalue weighted by molar-refractivity contribution is 6.27. The fraction of sp³-hybridized carbons (Fsp3) is 0.833. The summed E-state index contributed by atoms with van der Waals surface area (Å²) >= 11 is 5.29. The Balaban J connectivity index is 0. The van der Waals surface area contributed by atoms with Crippen LogP contribution in [-0.4, -0.2) is 23.4 Å². The highest BCUT2D eigenvalue weighted by Gasteiger charge is 2.12. The molecule has 0 aromatic heterocycles. The molecular formula is C12H24ClNO3. The van der Waals surface area contributed by atoms with Gasteiger partial charge in [-0.3, -0.25) is 4.79 Å². The SMILES string of the molecule is CC(C)(C)OC(N)=O.CC(C)CCC(=O)CCl. The smallest absolute Gasteiger partial charge is 0.405 e. The molecule has 0 atom stereocenters. The van der Waals surface area contributed by atoms with Gasteiger partial charge in [0.1, 0.15) is 11.4 Å². The average Bonchev–Trinajstić information content (AvgIpc) is 2.10. The first kappa shape index (κ1) is 18.6. The number of ether oxygens (including phenoxy) is 1. The lowest BCUT2D eigenvalue weighted by molar-refractivity contribution is -0.116. The van der Waals surface area contributed by atoms with E-state index < -0.39 is 11.7 Å². The highest BCUT2D eigenvalue weighted by atomic mass is 35.5. The van der Waals surface area contributed by atoms with Gasteiger partial charge in [0.2, 0.25) is 0 Å². The van der Waals surface area contributed by atoms with Gasteiger partial charge in [0.05, 0.1) is 5.88 Å². The summed E-state index contributed by atoms with van der Waals surface area (Å²) in [6, 6.07) is 0. The molecular weight excluding hydrogens is 242 g/mol. The number of hydrogen-bond acceptors (Lipinski definition) is 3. The molecule has 0 spiro atoms. The second kappa shape index (κ2) is 9.28. The Labute approximate surface area is 109 Å². The lowest BCUT2D eigenvalue weighted by atomic mass is 10.1. The predicted octanol–water partition coefficient (Wildman–Crippen LogP) is 3.11. The van der Waals surface area contributed by atoms with E-state index in [-0.39, 0.29) is 11.7 Å². The minimum atomic E-state index is -0.725. The topological polar surface area (TPSA) is 69.4 Å². The molecule has 102 valence electrons. The third-order valence-electron chi connectivity index (χ3n) is 1.56. The van der Waals surface area contributed by atoms with E-state index in [4.69, 9.17) is 17.3 Å². The van der Waals surface area contributed by atoms with Crippen molar-refractivity contribution >= 4 is 23.5 Å². The number of halogens is 1. The van der Waals surface area contributed by atoms with Gasteiger partial charge in [-0.15, -0.1) is 11.6 Å². The standard InChI is InChI=1S/C7H13ClO.C5H11NO2/c1-6(2)3-4-7(9)5-8;1-5(2,3)8-4(6)7/h6H,3-5H2,1-2H3;1-3H3,(H2,6,7). The molecule has 0 rings (SSSR count). The monoisotopic (exact) mass is 265 g/mol. The Morgan fingerprint density at radius 3 is 1.94 bits per heavy atom. The van der Waals surface area contributed by atoms with Gasteiger partial charge in [0, 0.05) is 6.42 Å². The molecule has 0 heterocycles. The van der Waals surface area contributed by atoms with Gasteiger partial charge in [-0.1, -0.05) is 13.8 Å². The second-order valence-electron chi connectivity index (χ2n) is 5.14. The van der Waals surface area contributed by atoms with Gasteiger partial charge in [-0.25, -0.2) is 4.79 Å². The van der Waals surface area contributed by atoms with Gasteiger partial charge in [0.25, 0.3) is 0 Å². The zero-order chi connectivity index (χ0) is 14.1. The number of primary amides is 1. The zero-order valence-electron chi connectivity index (χ0n) is 11.4. The molecule has 0 aromatic rings. The Bertz CT molecular complexity index is 234. The van der Waals surface area contributed by atoms with Gasteiger partial charge in [-0.2, -0.15) is 0 Å². The number of ketones is 1. The van der Waals surface area contributed by atoms with Crippen LogP contribution in [0.1, 0.15) is 47.5 Å². The summed E-state index contributed by atoms with van der Waals surface area (Å²) in [7, 11) is 0. The fourth-order valence-corrected chi connectivity index (χ4v) is 0.952. The number of nitrogens with two attached hydrogens (primary N) is 1. The minimum Gasteiger partial charge on any atom is -0.444 e. The van der Waals surface area contributed by atoms with Crippen LogP contribution in [0.2, 0.25) is 0 Å². The van der Waals surface area contributed by atoms with Crippen molar-refractivity contribution in [3.05, 3.63) is 0 Å². The maximum Gasteiger partial charge on any atom is 0.405 e. The fourth-order valence-electron chi connectivity index (χ4n) is 0.818. The van der Waals surface area contributed by atoms with Crippen LogP contribution in [0.5, 0.6) is 0 Å². The zero-order valence-corrected chi connectivity index (χ0v) is 12.1. The van der Waals surface area contributed by atoms with Gasteiger partial charge < -0.3 is 10.5 Å². The van der Waals surface area contributed by atoms with Crippen molar-refractivity contribution in [1.82, 2.24) is 0 Å². The molecule has 17 heavy (non-hydrogen) atoms. The van der Waals surface area contributed by atoms with Crippen LogP contribution in [0.25, 0.3) is 0 Å². The van der Waals surface area contributed by atoms with E-state index in [0.29, 0.717) is 12.3 Å². The average molecular weight is 266 g/mol. The Hall–Kier alpha value is -0.770. The number of carbonyl (C=O) groups excluding carboxylic acids is 2. The van der Waals surface area contributed by atoms with Crippen LogP contribution in [0.3, 0.4) is 0 Å². The number of hydrogen-bond donors (Lipinski definition) is 1. The first-order chi connectivity index (χ1) is 7.58. The largest absolute Gasteiger partial charge is 0.444 e. The molecule has 0 aromatic carbocycles. The molecule has 0 aliphatic rings. The van der Waals surface area contributed by atoms with Crippen molar-refractivity contribution in [3.8, 4) is 0 Å². The van der Waals surface area contributed by atoms with Crippen molar-refractivity contribution in [2.45, 2.75) is 53.1 Å². The van der Waals surface area contributed by atoms with Gasteiger partial charge >= 0.3 is 6.09 Å². The Kier molecular flexibility index (Phi) is 10.1. The molecule has 0 bridgehead atoms. The lowest BCUT2D eigenvalue weighted by Crippen LogP contribution is -2.27. The molecule has 5 heteroatoms. The molecule has 0 radical (unpaired) electrons. The summed E-state index contributed by atoms with van der Waals surface area (Å²) in [5, 5.41) is 0. The maximum atomic E-state index is 10.6. The Morgan fingerprint density at radius 2 is 1.76 bits per heavy atom. The molecule has 0 unspecified atom stereocenters. The van der Waals surface area contributed by atoms with Gasteiger partial charge in [0.15, 0.2) is 0 Å². The van der Waals surface area contributed by atoms with E-state index in [1.54, 1.807) is 20.8 Å². The molecule has 0 saturated carbocycles. The van der Waals surface area contributed by atoms with Crippen LogP contribution >= 0.6 is 11.6 Å². The maximum absolute atomic E-state index is 10.6. The second-order valence-corrected chi connectivity index (χ2v) is 5.41. The van der Waals surface area contributed by atoms with E-state index in [1.165, 1.54) is 0 Å². The lowest BCUT2D eigenvalue weighted by Gasteiger charge is -2.16. The number of carbonyl (C=O) groups is 2. The third-order valence-corrected chi connectivity index (χ3v) is 1.85. The summed E-state index contributed by atoms with van der Waals surface area (Å²) in [4.78, 5) is 20.6. The minimum absolute atomic E-state index is 0.158. The predicted molar refractivity (Wildman–Crippen MR) is 70.2 cm³/mol.